The molecule has 0 saturated carbocycles. The Morgan fingerprint density at radius 1 is 0.312 bits per heavy atom. The van der Waals surface area contributed by atoms with Crippen LogP contribution in [0.3, 0.4) is 0 Å². The molecule has 0 amide bonds. The van der Waals surface area contributed by atoms with Gasteiger partial charge >= 0.3 is 123 Å². The van der Waals surface area contributed by atoms with Crippen LogP contribution in [0.15, 0.2) is 477 Å². The van der Waals surface area contributed by atoms with Gasteiger partial charge in [-0.25, -0.2) is 0 Å². The molecule has 17 aromatic rings. The van der Waals surface area contributed by atoms with E-state index in [-0.39, 0.29) is 58.2 Å². The predicted molar refractivity (Wildman–Crippen MR) is 650 cm³/mol. The Bertz CT molecular complexity index is 5880. The summed E-state index contributed by atoms with van der Waals surface area (Å²) in [6, 6.07) is 146. The summed E-state index contributed by atoms with van der Waals surface area (Å²) in [5.41, 5.74) is 40.8. The monoisotopic (exact) mass is 2290 g/mol. The van der Waals surface area contributed by atoms with Crippen LogP contribution in [0.1, 0.15) is 189 Å². The van der Waals surface area contributed by atoms with Gasteiger partial charge in [-0.2, -0.15) is 146 Å². The second-order valence-corrected chi connectivity index (χ2v) is 54.0. The maximum atomic E-state index is 14.5. The quantitative estimate of drug-likeness (QED) is 0.0207. The number of hydrogen-bond donors (Lipinski definition) is 0. The molecule has 0 saturated heterocycles. The molecule has 0 spiro atoms. The number of carbonyl (C=O) groups is 1. The van der Waals surface area contributed by atoms with Gasteiger partial charge in [-0.15, -0.1) is 45.3 Å². The Morgan fingerprint density at radius 3 is 0.872 bits per heavy atom. The average Bonchev–Trinajstić information content (AvgIpc) is 1.55. The fourth-order valence-corrected chi connectivity index (χ4v) is 40.5. The SMILES string of the molecule is C.C.C=C=C=C=C=C=C=C=C=C=C=Cc1c(-c2ccc(Br)s2)sc2c1C(=O)c1c-2sc(-c2ccc(Br)s2)c1CCCCCCCCCCCC.CCC[CH2][Sn]([CH2]CCC)([CH2]CCC)[c]1cccs1.[HH].[HH].[HH].[HH].[HH].[HH].[HH].[HH].[HH].[HH].[HH].[HH].[Pd].[c-]1ccccc1.[c-]1ccccc1.[c-]1ccccc1.[c-]1ccccc1.c1ccc(-c2ccccc2)cc1.c1ccc(-c2ccccc2)cc1.c1ccc(-c2ccccc2)cc1.c1ccc(-c2ccccc2)cc1. The predicted octanol–water partition coefficient (Wildman–Crippen LogP) is 44.0. The first-order valence-corrected chi connectivity index (χ1v) is 61.0. The number of hydrogen-bond acceptors (Lipinski definition) is 6. The molecule has 0 fully saturated rings. The van der Waals surface area contributed by atoms with Crippen molar-refractivity contribution < 1.29 is 42.3 Å². The summed E-state index contributed by atoms with van der Waals surface area (Å²) >= 11 is 14.2. The number of halogens is 2. The van der Waals surface area contributed by atoms with E-state index in [0.29, 0.717) is 0 Å². The summed E-state index contributed by atoms with van der Waals surface area (Å²) < 4.78 is 8.82. The van der Waals surface area contributed by atoms with Gasteiger partial charge in [0.1, 0.15) is 0 Å². The minimum atomic E-state index is -2.01. The molecule has 0 unspecified atom stereocenters. The van der Waals surface area contributed by atoms with E-state index in [9.17, 15) is 4.79 Å². The standard InChI is InChI=1S/C41H32Br2OS4.4C12H10.4C6H5.C4H3S.3C4H9.2CH4.Pd.Sn.12H2/c1-3-5-7-9-11-13-15-17-19-21-23-29-35-37(44)36-30(24-22-20-18-16-14-12-10-8-6-4-2)39(32-26-28-34(43)46-32)48-41(36)40(35)47-38(29)31-25-27-33(42)45-31;4*1-3-7-11(8-4-1)12-9-5-2-6-10-12;4*1-2-4-6-5-3-1;1-2-4-5-3-1;3*1-3-4-2;;;;;;;;;;;;;;;;/h23,25-28H,1,4,6,8,10,12,14,16,18,20,22,24H2,2H3;4*1-10H;4*1-5H;1-3H;3*1,3-4H2,2H3;2*1H4;;;12*1H/q;;;;;4*-1;;;;;;;;;;;;;;;;;;;;. The van der Waals surface area contributed by atoms with Gasteiger partial charge in [0.2, 0.25) is 0 Å². The minimum absolute atomic E-state index is 0. The van der Waals surface area contributed by atoms with Crippen LogP contribution >= 0.6 is 88.5 Å². The summed E-state index contributed by atoms with van der Waals surface area (Å²) in [7, 11) is 0. The number of ketones is 1. The molecule has 1 aliphatic carbocycles. The second kappa shape index (κ2) is 74.7. The van der Waals surface area contributed by atoms with Gasteiger partial charge in [0.05, 0.1) is 27.8 Å². The molecular formula is C131H154Br2OPdS5Sn-4. The summed E-state index contributed by atoms with van der Waals surface area (Å²) in [5.74, 6) is 0.118. The van der Waals surface area contributed by atoms with E-state index in [1.165, 1.54) is 156 Å². The molecule has 0 radical (unpaired) electrons. The van der Waals surface area contributed by atoms with Crippen molar-refractivity contribution in [3.8, 4) is 73.8 Å². The van der Waals surface area contributed by atoms with Gasteiger partial charge in [0.25, 0.3) is 0 Å². The Balaban J connectivity index is -0.000000339. The minimum Gasteiger partial charge on any atom is -0.184 e. The smallest absolute Gasteiger partial charge is 0 e. The summed E-state index contributed by atoms with van der Waals surface area (Å²) in [5, 5.41) is 2.31. The van der Waals surface area contributed by atoms with E-state index in [4.69, 9.17) is 0 Å². The van der Waals surface area contributed by atoms with Crippen molar-refractivity contribution in [3.05, 3.63) is 524 Å². The number of fused-ring (bicyclic) bond motifs is 3. The third-order valence-electron chi connectivity index (χ3n) is 21.8. The van der Waals surface area contributed by atoms with Gasteiger partial charge in [-0.1, -0.05) is 334 Å². The molecule has 18 rings (SSSR count). The molecule has 746 valence electrons. The second-order valence-electron chi connectivity index (χ2n) is 31.9. The van der Waals surface area contributed by atoms with Crippen LogP contribution in [0, 0.1) is 24.3 Å². The Hall–Kier alpha value is -11.2. The topological polar surface area (TPSA) is 17.1 Å². The molecule has 0 aliphatic heterocycles. The van der Waals surface area contributed by atoms with Gasteiger partial charge in [0, 0.05) is 63.3 Å². The number of benzene rings is 12. The van der Waals surface area contributed by atoms with E-state index < -0.39 is 18.4 Å². The van der Waals surface area contributed by atoms with Crippen molar-refractivity contribution in [2.24, 2.45) is 0 Å². The summed E-state index contributed by atoms with van der Waals surface area (Å²) in [6.07, 6.45) is 24.2. The van der Waals surface area contributed by atoms with Crippen LogP contribution in [-0.4, -0.2) is 24.2 Å². The fraction of sp³-hybridized carbons (Fsp3) is 0.198. The number of thiophene rings is 5. The van der Waals surface area contributed by atoms with Gasteiger partial charge in [0.15, 0.2) is 5.78 Å². The van der Waals surface area contributed by atoms with Crippen LogP contribution in [0.2, 0.25) is 13.3 Å². The fourth-order valence-electron chi connectivity index (χ4n) is 14.9. The molecule has 141 heavy (non-hydrogen) atoms. The molecule has 1 aliphatic rings. The number of carbonyl (C=O) groups excluding carboxylic acids is 1. The van der Waals surface area contributed by atoms with E-state index in [2.05, 4.69) is 389 Å². The normalized spacial score (nSPS) is 9.79. The first-order chi connectivity index (χ1) is 68.2. The van der Waals surface area contributed by atoms with Gasteiger partial charge < -0.3 is 0 Å². The van der Waals surface area contributed by atoms with E-state index in [1.807, 2.05) is 185 Å². The van der Waals surface area contributed by atoms with Crippen molar-refractivity contribution in [2.75, 3.05) is 0 Å². The first kappa shape index (κ1) is 118. The van der Waals surface area contributed by atoms with E-state index in [0.717, 1.165) is 56.6 Å². The van der Waals surface area contributed by atoms with Crippen LogP contribution < -0.4 is 2.89 Å². The van der Waals surface area contributed by atoms with Crippen LogP contribution in [0.25, 0.3) is 79.8 Å². The average molecular weight is 2290 g/mol. The van der Waals surface area contributed by atoms with Crippen LogP contribution in [-0.2, 0) is 26.8 Å². The third-order valence-corrected chi connectivity index (χ3v) is 47.3. The maximum Gasteiger partial charge on any atom is 0 e. The number of rotatable bonds is 28. The summed E-state index contributed by atoms with van der Waals surface area (Å²) in [6.45, 7) is 12.7. The van der Waals surface area contributed by atoms with Crippen LogP contribution in [0.4, 0.5) is 0 Å². The largest absolute Gasteiger partial charge is 0.184 e. The first-order valence-electron chi connectivity index (χ1n) is 47.8. The van der Waals surface area contributed by atoms with Crippen molar-refractivity contribution in [2.45, 2.75) is 165 Å². The van der Waals surface area contributed by atoms with E-state index in [1.54, 1.807) is 58.7 Å². The zero-order valence-electron chi connectivity index (χ0n) is 80.1. The van der Waals surface area contributed by atoms with Crippen molar-refractivity contribution >= 4 is 122 Å². The molecule has 12 aromatic carbocycles. The maximum absolute atomic E-state index is 14.5. The van der Waals surface area contributed by atoms with Crippen molar-refractivity contribution in [1.29, 1.82) is 0 Å². The molecule has 0 N–H and O–H groups in total. The molecule has 0 bridgehead atoms. The van der Waals surface area contributed by atoms with Crippen molar-refractivity contribution in [3.63, 3.8) is 0 Å². The molecule has 0 atom stereocenters. The molecule has 1 nitrogen and oxygen atoms in total. The third kappa shape index (κ3) is 44.9. The molecule has 5 aromatic heterocycles. The molecule has 5 heterocycles. The summed E-state index contributed by atoms with van der Waals surface area (Å²) in [4.78, 5) is 21.2. The zero-order valence-corrected chi connectivity index (χ0v) is 91.8. The van der Waals surface area contributed by atoms with Crippen LogP contribution in [0.5, 0.6) is 0 Å². The molecule has 10 heteroatoms. The van der Waals surface area contributed by atoms with Gasteiger partial charge in [-0.3, -0.25) is 4.79 Å². The zero-order chi connectivity index (χ0) is 96.9. The number of unbranched alkanes of at least 4 members (excludes halogenated alkanes) is 12. The molecular weight excluding hydrogens is 2130 g/mol. The Kier molecular flexibility index (Phi) is 62.8. The van der Waals surface area contributed by atoms with Gasteiger partial charge in [-0.05, 0) is 178 Å². The van der Waals surface area contributed by atoms with Crippen molar-refractivity contribution in [1.82, 2.24) is 0 Å². The Labute approximate surface area is 917 Å². The Morgan fingerprint density at radius 2 is 0.596 bits per heavy atom. The van der Waals surface area contributed by atoms with E-state index >= 15 is 0 Å².